The molecule has 1 nitrogen and oxygen atoms in total. The number of alkyl halides is 6. The van der Waals surface area contributed by atoms with Gasteiger partial charge in [0, 0.05) is 0 Å². The van der Waals surface area contributed by atoms with Crippen LogP contribution in [0, 0.1) is 0 Å². The molecule has 0 heterocycles. The predicted octanol–water partition coefficient (Wildman–Crippen LogP) is 3.03. The van der Waals surface area contributed by atoms with Crippen molar-refractivity contribution < 1.29 is 31.1 Å². The molecule has 0 bridgehead atoms. The van der Waals surface area contributed by atoms with Crippen LogP contribution in [0.25, 0.3) is 0 Å². The van der Waals surface area contributed by atoms with Gasteiger partial charge < -0.3 is 4.74 Å². The molecule has 0 fully saturated rings. The monoisotopic (exact) mass is 208 g/mol. The molecule has 78 valence electrons. The van der Waals surface area contributed by atoms with Crippen molar-refractivity contribution in [2.45, 2.75) is 25.4 Å². The summed E-state index contributed by atoms with van der Waals surface area (Å²) in [6.45, 7) is 1.24. The lowest BCUT2D eigenvalue weighted by Gasteiger charge is -2.21. The zero-order valence-electron chi connectivity index (χ0n) is 6.41. The molecule has 0 aromatic rings. The van der Waals surface area contributed by atoms with Crippen LogP contribution in [0.1, 0.15) is 6.92 Å². The van der Waals surface area contributed by atoms with Crippen molar-refractivity contribution in [1.82, 2.24) is 0 Å². The molecular weight excluding hydrogens is 202 g/mol. The van der Waals surface area contributed by atoms with Crippen molar-refractivity contribution in [3.63, 3.8) is 0 Å². The Labute approximate surface area is 70.0 Å². The van der Waals surface area contributed by atoms with Gasteiger partial charge in [0.25, 0.3) is 6.10 Å². The summed E-state index contributed by atoms with van der Waals surface area (Å²) in [5.41, 5.74) is 0. The second-order valence-corrected chi connectivity index (χ2v) is 2.07. The first-order chi connectivity index (χ1) is 5.69. The highest BCUT2D eigenvalue weighted by Gasteiger charge is 2.58. The summed E-state index contributed by atoms with van der Waals surface area (Å²) in [5, 5.41) is 0. The molecule has 0 amide bonds. The molecule has 0 unspecified atom stereocenters. The molecule has 0 aromatic heterocycles. The Kier molecular flexibility index (Phi) is 3.62. The summed E-state index contributed by atoms with van der Waals surface area (Å²) in [4.78, 5) is 0. The van der Waals surface area contributed by atoms with Crippen molar-refractivity contribution in [2.75, 3.05) is 0 Å². The molecule has 13 heavy (non-hydrogen) atoms. The lowest BCUT2D eigenvalue weighted by atomic mass is 10.3. The highest BCUT2D eigenvalue weighted by Crippen LogP contribution is 2.35. The molecule has 0 radical (unpaired) electrons. The maximum Gasteiger partial charge on any atom is 0.434 e. The maximum absolute atomic E-state index is 11.7. The topological polar surface area (TPSA) is 9.23 Å². The van der Waals surface area contributed by atoms with Gasteiger partial charge in [-0.3, -0.25) is 0 Å². The Bertz CT molecular complexity index is 165. The van der Waals surface area contributed by atoms with Crippen molar-refractivity contribution in [2.24, 2.45) is 0 Å². The minimum absolute atomic E-state index is 0.353. The molecule has 0 saturated carbocycles. The smallest absolute Gasteiger partial charge is 0.434 e. The number of hydrogen-bond donors (Lipinski definition) is 0. The molecule has 0 saturated heterocycles. The van der Waals surface area contributed by atoms with Crippen LogP contribution in [0.5, 0.6) is 0 Å². The molecule has 0 N–H and O–H groups in total. The molecule has 0 aliphatic heterocycles. The van der Waals surface area contributed by atoms with E-state index in [9.17, 15) is 26.3 Å². The van der Waals surface area contributed by atoms with Gasteiger partial charge >= 0.3 is 12.4 Å². The van der Waals surface area contributed by atoms with E-state index in [0.717, 1.165) is 6.08 Å². The molecule has 0 aliphatic rings. The van der Waals surface area contributed by atoms with E-state index < -0.39 is 18.5 Å². The van der Waals surface area contributed by atoms with E-state index in [-0.39, 0.29) is 0 Å². The van der Waals surface area contributed by atoms with Gasteiger partial charge in [-0.2, -0.15) is 26.3 Å². The maximum atomic E-state index is 11.7. The molecule has 0 atom stereocenters. The third kappa shape index (κ3) is 4.05. The summed E-state index contributed by atoms with van der Waals surface area (Å²) >= 11 is 0. The molecular formula is C6H6F6O. The summed E-state index contributed by atoms with van der Waals surface area (Å²) in [7, 11) is 0. The van der Waals surface area contributed by atoms with E-state index in [2.05, 4.69) is 4.74 Å². The lowest BCUT2D eigenvalue weighted by Crippen LogP contribution is -2.43. The Morgan fingerprint density at radius 3 is 1.62 bits per heavy atom. The van der Waals surface area contributed by atoms with Crippen LogP contribution in [-0.4, -0.2) is 18.5 Å². The Morgan fingerprint density at radius 2 is 1.38 bits per heavy atom. The summed E-state index contributed by atoms with van der Waals surface area (Å²) in [6, 6.07) is 0. The average molecular weight is 208 g/mol. The molecule has 0 spiro atoms. The number of allylic oxidation sites excluding steroid dienone is 1. The van der Waals surface area contributed by atoms with Crippen LogP contribution in [-0.2, 0) is 4.74 Å². The first kappa shape index (κ1) is 12.1. The van der Waals surface area contributed by atoms with E-state index in [4.69, 9.17) is 0 Å². The SMILES string of the molecule is CC=COC(C(F)(F)F)C(F)(F)F. The van der Waals surface area contributed by atoms with Gasteiger partial charge in [0.15, 0.2) is 0 Å². The third-order valence-corrected chi connectivity index (χ3v) is 0.945. The van der Waals surface area contributed by atoms with Crippen molar-refractivity contribution in [3.8, 4) is 0 Å². The molecule has 0 aromatic carbocycles. The van der Waals surface area contributed by atoms with E-state index in [0.29, 0.717) is 6.26 Å². The van der Waals surface area contributed by atoms with E-state index in [1.807, 2.05) is 0 Å². The summed E-state index contributed by atoms with van der Waals surface area (Å²) in [6.07, 6.45) is -13.4. The Hall–Kier alpha value is -0.880. The van der Waals surface area contributed by atoms with Gasteiger partial charge in [0.05, 0.1) is 6.26 Å². The molecule has 7 heteroatoms. The second kappa shape index (κ2) is 3.89. The number of rotatable bonds is 2. The fourth-order valence-corrected chi connectivity index (χ4v) is 0.497. The van der Waals surface area contributed by atoms with Gasteiger partial charge in [-0.05, 0) is 6.92 Å². The normalized spacial score (nSPS) is 14.2. The molecule has 0 aliphatic carbocycles. The quantitative estimate of drug-likeness (QED) is 0.500. The summed E-state index contributed by atoms with van der Waals surface area (Å²) < 4.78 is 73.5. The number of hydrogen-bond acceptors (Lipinski definition) is 1. The van der Waals surface area contributed by atoms with E-state index in [1.165, 1.54) is 6.92 Å². The second-order valence-electron chi connectivity index (χ2n) is 2.07. The first-order valence-corrected chi connectivity index (χ1v) is 3.09. The van der Waals surface area contributed by atoms with Crippen LogP contribution in [0.15, 0.2) is 12.3 Å². The number of ether oxygens (including phenoxy) is 1. The van der Waals surface area contributed by atoms with Crippen LogP contribution < -0.4 is 0 Å². The van der Waals surface area contributed by atoms with Gasteiger partial charge in [-0.25, -0.2) is 0 Å². The summed E-state index contributed by atoms with van der Waals surface area (Å²) in [5.74, 6) is 0. The van der Waals surface area contributed by atoms with Crippen molar-refractivity contribution in [1.29, 1.82) is 0 Å². The van der Waals surface area contributed by atoms with Crippen molar-refractivity contribution >= 4 is 0 Å². The van der Waals surface area contributed by atoms with Crippen LogP contribution in [0.4, 0.5) is 26.3 Å². The fraction of sp³-hybridized carbons (Fsp3) is 0.667. The lowest BCUT2D eigenvalue weighted by molar-refractivity contribution is -0.309. The third-order valence-electron chi connectivity index (χ3n) is 0.945. The zero-order chi connectivity index (χ0) is 10.7. The van der Waals surface area contributed by atoms with Gasteiger partial charge in [0.1, 0.15) is 0 Å². The fourth-order valence-electron chi connectivity index (χ4n) is 0.497. The standard InChI is InChI=1S/C6H6F6O/c1-2-3-13-4(5(7,8)9)6(10,11)12/h2-4H,1H3. The van der Waals surface area contributed by atoms with Gasteiger partial charge in [-0.1, -0.05) is 6.08 Å². The highest BCUT2D eigenvalue weighted by molar-refractivity contribution is 4.79. The van der Waals surface area contributed by atoms with E-state index >= 15 is 0 Å². The number of halogens is 6. The molecule has 0 rings (SSSR count). The first-order valence-electron chi connectivity index (χ1n) is 3.09. The average Bonchev–Trinajstić information content (AvgIpc) is 1.81. The minimum atomic E-state index is -5.45. The predicted molar refractivity (Wildman–Crippen MR) is 31.8 cm³/mol. The van der Waals surface area contributed by atoms with E-state index in [1.54, 1.807) is 0 Å². The highest BCUT2D eigenvalue weighted by atomic mass is 19.4. The van der Waals surface area contributed by atoms with Crippen LogP contribution >= 0.6 is 0 Å². The van der Waals surface area contributed by atoms with Gasteiger partial charge in [-0.15, -0.1) is 0 Å². The van der Waals surface area contributed by atoms with Crippen LogP contribution in [0.2, 0.25) is 0 Å². The zero-order valence-corrected chi connectivity index (χ0v) is 6.41. The Balaban J connectivity index is 4.57. The van der Waals surface area contributed by atoms with Crippen LogP contribution in [0.3, 0.4) is 0 Å². The Morgan fingerprint density at radius 1 is 1.00 bits per heavy atom. The largest absolute Gasteiger partial charge is 0.479 e. The minimum Gasteiger partial charge on any atom is -0.479 e. The van der Waals surface area contributed by atoms with Gasteiger partial charge in [0.2, 0.25) is 0 Å². The van der Waals surface area contributed by atoms with Crippen molar-refractivity contribution in [3.05, 3.63) is 12.3 Å².